The summed E-state index contributed by atoms with van der Waals surface area (Å²) in [5.41, 5.74) is -0.334. The molecule has 2 nitrogen and oxygen atoms in total. The van der Waals surface area contributed by atoms with E-state index < -0.39 is 7.92 Å². The lowest BCUT2D eigenvalue weighted by atomic mass is 10.3. The van der Waals surface area contributed by atoms with E-state index in [1.54, 1.807) is 6.92 Å². The highest BCUT2D eigenvalue weighted by atomic mass is 31.1. The molecule has 0 fully saturated rings. The van der Waals surface area contributed by atoms with E-state index in [1.165, 1.54) is 0 Å². The number of ketones is 1. The van der Waals surface area contributed by atoms with Crippen molar-refractivity contribution in [3.8, 4) is 0 Å². The van der Waals surface area contributed by atoms with Crippen molar-refractivity contribution >= 4 is 24.3 Å². The van der Waals surface area contributed by atoms with Crippen LogP contribution in [-0.4, -0.2) is 23.2 Å². The molecule has 0 aliphatic heterocycles. The van der Waals surface area contributed by atoms with Crippen molar-refractivity contribution in [2.45, 2.75) is 12.6 Å². The molecule has 0 radical (unpaired) electrons. The molecular formula is C16H17O2P. The van der Waals surface area contributed by atoms with E-state index in [0.717, 1.165) is 10.6 Å². The molecule has 0 saturated carbocycles. The molecule has 3 heteroatoms. The molecule has 0 aliphatic carbocycles. The Kier molecular flexibility index (Phi) is 4.84. The quantitative estimate of drug-likeness (QED) is 0.846. The minimum absolute atomic E-state index is 0.0429. The van der Waals surface area contributed by atoms with E-state index in [1.807, 2.05) is 60.7 Å². The summed E-state index contributed by atoms with van der Waals surface area (Å²) >= 11 is 0. The van der Waals surface area contributed by atoms with Gasteiger partial charge in [-0.05, 0) is 25.5 Å². The Morgan fingerprint density at radius 2 is 1.42 bits per heavy atom. The summed E-state index contributed by atoms with van der Waals surface area (Å²) in [6.45, 7) is 1.45. The van der Waals surface area contributed by atoms with E-state index in [4.69, 9.17) is 0 Å². The van der Waals surface area contributed by atoms with Crippen molar-refractivity contribution in [1.82, 2.24) is 0 Å². The van der Waals surface area contributed by atoms with Crippen molar-refractivity contribution in [2.75, 3.05) is 6.61 Å². The zero-order valence-corrected chi connectivity index (χ0v) is 11.8. The van der Waals surface area contributed by atoms with Gasteiger partial charge in [-0.2, -0.15) is 0 Å². The number of benzene rings is 2. The monoisotopic (exact) mass is 272 g/mol. The number of aliphatic hydroxyl groups excluding tert-OH is 1. The molecule has 1 N–H and O–H groups in total. The van der Waals surface area contributed by atoms with E-state index in [9.17, 15) is 9.90 Å². The Labute approximate surface area is 114 Å². The van der Waals surface area contributed by atoms with Gasteiger partial charge in [-0.15, -0.1) is 0 Å². The molecule has 1 atom stereocenters. The fraction of sp³-hybridized carbons (Fsp3) is 0.188. The van der Waals surface area contributed by atoms with Gasteiger partial charge in [0.25, 0.3) is 0 Å². The van der Waals surface area contributed by atoms with Gasteiger partial charge in [-0.3, -0.25) is 4.79 Å². The van der Waals surface area contributed by atoms with Crippen molar-refractivity contribution in [1.29, 1.82) is 0 Å². The first-order valence-electron chi connectivity index (χ1n) is 6.24. The summed E-state index contributed by atoms with van der Waals surface area (Å²) < 4.78 is 0. The van der Waals surface area contributed by atoms with Crippen LogP contribution in [0.3, 0.4) is 0 Å². The summed E-state index contributed by atoms with van der Waals surface area (Å²) in [6.07, 6.45) is 0. The number of hydrogen-bond donors (Lipinski definition) is 1. The molecule has 0 spiro atoms. The van der Waals surface area contributed by atoms with Gasteiger partial charge >= 0.3 is 0 Å². The van der Waals surface area contributed by atoms with Crippen molar-refractivity contribution in [2.24, 2.45) is 0 Å². The Morgan fingerprint density at radius 1 is 1.00 bits per heavy atom. The highest BCUT2D eigenvalue weighted by molar-refractivity contribution is 7.74. The highest BCUT2D eigenvalue weighted by Gasteiger charge is 2.27. The first-order chi connectivity index (χ1) is 9.24. The van der Waals surface area contributed by atoms with Crippen LogP contribution in [0.5, 0.6) is 0 Å². The highest BCUT2D eigenvalue weighted by Crippen LogP contribution is 2.39. The summed E-state index contributed by atoms with van der Waals surface area (Å²) in [4.78, 5) is 11.8. The molecule has 0 heterocycles. The standard InChI is InChI=1S/C16H17O2P/c1-13(18)16(12-17)19(14-8-4-2-5-9-14)15-10-6-3-7-11-15/h2-11,16-17H,12H2,1H3. The summed E-state index contributed by atoms with van der Waals surface area (Å²) in [5.74, 6) is 0.0429. The normalized spacial score (nSPS) is 12.4. The van der Waals surface area contributed by atoms with Gasteiger partial charge in [0.1, 0.15) is 5.78 Å². The number of rotatable bonds is 5. The predicted molar refractivity (Wildman–Crippen MR) is 80.6 cm³/mol. The molecule has 2 aromatic rings. The lowest BCUT2D eigenvalue weighted by Crippen LogP contribution is -2.29. The van der Waals surface area contributed by atoms with Crippen LogP contribution in [0.2, 0.25) is 0 Å². The second kappa shape index (κ2) is 6.60. The average molecular weight is 272 g/mol. The fourth-order valence-electron chi connectivity index (χ4n) is 2.08. The van der Waals surface area contributed by atoms with Crippen LogP contribution >= 0.6 is 7.92 Å². The Hall–Kier alpha value is -1.50. The number of Topliss-reactive ketones (excluding diaryl/α,β-unsaturated/α-hetero) is 1. The van der Waals surface area contributed by atoms with Gasteiger partial charge in [0.2, 0.25) is 0 Å². The van der Waals surface area contributed by atoms with Gasteiger partial charge in [-0.1, -0.05) is 60.7 Å². The molecule has 2 aromatic carbocycles. The first-order valence-corrected chi connectivity index (χ1v) is 7.65. The van der Waals surface area contributed by atoms with Gasteiger partial charge in [0.05, 0.1) is 12.3 Å². The molecule has 98 valence electrons. The zero-order valence-electron chi connectivity index (χ0n) is 10.9. The summed E-state index contributed by atoms with van der Waals surface area (Å²) in [6, 6.07) is 19.9. The largest absolute Gasteiger partial charge is 0.395 e. The van der Waals surface area contributed by atoms with Crippen molar-refractivity contribution in [3.05, 3.63) is 60.7 Å². The molecule has 0 aliphatic rings. The minimum Gasteiger partial charge on any atom is -0.395 e. The Morgan fingerprint density at radius 3 is 1.74 bits per heavy atom. The van der Waals surface area contributed by atoms with Crippen LogP contribution in [-0.2, 0) is 4.79 Å². The third kappa shape index (κ3) is 3.28. The topological polar surface area (TPSA) is 37.3 Å². The van der Waals surface area contributed by atoms with Crippen LogP contribution in [0, 0.1) is 0 Å². The van der Waals surface area contributed by atoms with Crippen molar-refractivity contribution in [3.63, 3.8) is 0 Å². The number of hydrogen-bond acceptors (Lipinski definition) is 2. The van der Waals surface area contributed by atoms with E-state index in [0.29, 0.717) is 0 Å². The molecule has 0 aromatic heterocycles. The second-order valence-electron chi connectivity index (χ2n) is 4.35. The zero-order chi connectivity index (χ0) is 13.7. The lowest BCUT2D eigenvalue weighted by molar-refractivity contribution is -0.117. The fourth-order valence-corrected chi connectivity index (χ4v) is 4.61. The number of carbonyl (C=O) groups is 1. The van der Waals surface area contributed by atoms with Crippen LogP contribution < -0.4 is 10.6 Å². The molecule has 0 amide bonds. The summed E-state index contributed by atoms with van der Waals surface area (Å²) in [5, 5.41) is 11.8. The van der Waals surface area contributed by atoms with E-state index >= 15 is 0 Å². The van der Waals surface area contributed by atoms with Gasteiger partial charge < -0.3 is 5.11 Å². The Bertz CT molecular complexity index is 485. The predicted octanol–water partition coefficient (Wildman–Crippen LogP) is 2.07. The maximum atomic E-state index is 11.8. The number of aliphatic hydroxyl groups is 1. The van der Waals surface area contributed by atoms with E-state index in [2.05, 4.69) is 0 Å². The van der Waals surface area contributed by atoms with Gasteiger partial charge in [0.15, 0.2) is 0 Å². The maximum absolute atomic E-state index is 11.8. The maximum Gasteiger partial charge on any atom is 0.140 e. The van der Waals surface area contributed by atoms with Crippen LogP contribution in [0.1, 0.15) is 6.92 Å². The minimum atomic E-state index is -0.853. The SMILES string of the molecule is CC(=O)C(CO)P(c1ccccc1)c1ccccc1. The molecule has 0 saturated heterocycles. The summed E-state index contributed by atoms with van der Waals surface area (Å²) in [7, 11) is -0.853. The van der Waals surface area contributed by atoms with Crippen molar-refractivity contribution < 1.29 is 9.90 Å². The third-order valence-electron chi connectivity index (χ3n) is 3.02. The second-order valence-corrected chi connectivity index (χ2v) is 6.75. The third-order valence-corrected chi connectivity index (χ3v) is 5.88. The Balaban J connectivity index is 2.48. The molecule has 1 unspecified atom stereocenters. The smallest absolute Gasteiger partial charge is 0.140 e. The molecular weight excluding hydrogens is 255 g/mol. The van der Waals surface area contributed by atoms with Crippen LogP contribution in [0.15, 0.2) is 60.7 Å². The lowest BCUT2D eigenvalue weighted by Gasteiger charge is -2.25. The first kappa shape index (κ1) is 13.9. The van der Waals surface area contributed by atoms with Crippen LogP contribution in [0.4, 0.5) is 0 Å². The molecule has 19 heavy (non-hydrogen) atoms. The average Bonchev–Trinajstić information content (AvgIpc) is 2.46. The van der Waals surface area contributed by atoms with Gasteiger partial charge in [0, 0.05) is 0 Å². The van der Waals surface area contributed by atoms with Crippen LogP contribution in [0.25, 0.3) is 0 Å². The molecule has 0 bridgehead atoms. The van der Waals surface area contributed by atoms with Gasteiger partial charge in [-0.25, -0.2) is 0 Å². The number of carbonyl (C=O) groups excluding carboxylic acids is 1. The van der Waals surface area contributed by atoms with E-state index in [-0.39, 0.29) is 18.0 Å². The molecule has 2 rings (SSSR count).